The molecule has 0 aliphatic heterocycles. The first kappa shape index (κ1) is 95.9. The molecule has 0 aromatic heterocycles. The van der Waals surface area contributed by atoms with E-state index in [0.29, 0.717) is 58.9 Å². The summed E-state index contributed by atoms with van der Waals surface area (Å²) in [5, 5.41) is 48.0. The van der Waals surface area contributed by atoms with Crippen LogP contribution in [0, 0.1) is 118 Å². The highest BCUT2D eigenvalue weighted by Crippen LogP contribution is 2.36. The molecule has 4 amide bonds. The third-order valence-electron chi connectivity index (χ3n) is 15.3. The summed E-state index contributed by atoms with van der Waals surface area (Å²) in [5.41, 5.74) is 7.27. The van der Waals surface area contributed by atoms with E-state index in [1.807, 2.05) is 46.0 Å². The molecule has 8 aromatic rings. The molecule has 40 heteroatoms. The smallest absolute Gasteiger partial charge is 0.391 e. The van der Waals surface area contributed by atoms with E-state index >= 15 is 0 Å². The normalized spacial score (nSPS) is 12.2. The summed E-state index contributed by atoms with van der Waals surface area (Å²) in [7, 11) is 1.37. The first-order valence-corrected chi connectivity index (χ1v) is 37.1. The lowest BCUT2D eigenvalue weighted by atomic mass is 10.1. The Labute approximate surface area is 690 Å². The second-order valence-corrected chi connectivity index (χ2v) is 29.3. The zero-order valence-electron chi connectivity index (χ0n) is 60.2. The van der Waals surface area contributed by atoms with Crippen LogP contribution in [0.4, 0.5) is 111 Å². The van der Waals surface area contributed by atoms with Crippen LogP contribution >= 0.6 is 90.4 Å². The second-order valence-electron chi connectivity index (χ2n) is 24.4. The summed E-state index contributed by atoms with van der Waals surface area (Å²) < 4.78 is 212. The van der Waals surface area contributed by atoms with Crippen molar-refractivity contribution in [3.63, 3.8) is 0 Å². The van der Waals surface area contributed by atoms with Crippen LogP contribution in [-0.4, -0.2) is 115 Å². The molecule has 0 fully saturated rings. The molecule has 4 atom stereocenters. The number of aliphatic hydroxyl groups excluding tert-OH is 4. The maximum Gasteiger partial charge on any atom is 0.416 e. The molecule has 113 heavy (non-hydrogen) atoms. The third kappa shape index (κ3) is 28.4. The van der Waals surface area contributed by atoms with Crippen LogP contribution in [0.1, 0.15) is 97.3 Å². The van der Waals surface area contributed by atoms with Gasteiger partial charge in [0.1, 0.15) is 32.5 Å². The predicted octanol–water partition coefficient (Wildman–Crippen LogP) is 16.8. The predicted molar refractivity (Wildman–Crippen MR) is 419 cm³/mol. The Morgan fingerprint density at radius 2 is 0.646 bits per heavy atom. The van der Waals surface area contributed by atoms with Crippen molar-refractivity contribution in [3.05, 3.63) is 226 Å². The molecular weight excluding hydrogens is 1990 g/mol. The van der Waals surface area contributed by atoms with Gasteiger partial charge in [-0.2, -0.15) is 13.2 Å². The van der Waals surface area contributed by atoms with Crippen LogP contribution in [0.15, 0.2) is 97.1 Å². The molecular formula is C73H71F15I4N8O13. The van der Waals surface area contributed by atoms with Gasteiger partial charge in [-0.15, -0.1) is 0 Å². The molecule has 0 aliphatic carbocycles. The first-order chi connectivity index (χ1) is 53.0. The molecule has 614 valence electrons. The minimum absolute atomic E-state index is 0.0332. The number of anilines is 8. The maximum absolute atomic E-state index is 14.4. The van der Waals surface area contributed by atoms with E-state index in [1.165, 1.54) is 18.7 Å². The Morgan fingerprint density at radius 1 is 0.389 bits per heavy atom. The highest BCUT2D eigenvalue weighted by Gasteiger charge is 2.39. The van der Waals surface area contributed by atoms with E-state index in [9.17, 15) is 100 Å². The summed E-state index contributed by atoms with van der Waals surface area (Å²) in [4.78, 5) is 68.0. The molecule has 12 N–H and O–H groups in total. The van der Waals surface area contributed by atoms with Crippen LogP contribution in [0.25, 0.3) is 0 Å². The first-order valence-electron chi connectivity index (χ1n) is 32.8. The quantitative estimate of drug-likeness (QED) is 0.00898. The second kappa shape index (κ2) is 45.0. The fourth-order valence-corrected chi connectivity index (χ4v) is 11.7. The monoisotopic (exact) mass is 2060 g/mol. The van der Waals surface area contributed by atoms with Crippen LogP contribution in [0.2, 0.25) is 0 Å². The number of ether oxygens (including phenoxy) is 1. The fourth-order valence-electron chi connectivity index (χ4n) is 9.14. The molecule has 0 saturated carbocycles. The van der Waals surface area contributed by atoms with Crippen LogP contribution < -0.4 is 43.2 Å². The summed E-state index contributed by atoms with van der Waals surface area (Å²) in [6.45, 7) is 10.2. The molecule has 0 spiro atoms. The van der Waals surface area contributed by atoms with Crippen molar-refractivity contribution in [2.75, 3.05) is 61.4 Å². The van der Waals surface area contributed by atoms with Gasteiger partial charge in [0, 0.05) is 44.1 Å². The number of alkyl halides is 3. The van der Waals surface area contributed by atoms with Gasteiger partial charge >= 0.3 is 6.18 Å². The van der Waals surface area contributed by atoms with Crippen molar-refractivity contribution in [1.29, 1.82) is 0 Å². The van der Waals surface area contributed by atoms with Crippen LogP contribution in [0.5, 0.6) is 0 Å². The van der Waals surface area contributed by atoms with Gasteiger partial charge in [0.2, 0.25) is 0 Å². The lowest BCUT2D eigenvalue weighted by Crippen LogP contribution is -2.37. The van der Waals surface area contributed by atoms with Gasteiger partial charge in [-0.1, -0.05) is 27.2 Å². The fraction of sp³-hybridized carbons (Fsp3) is 0.288. The van der Waals surface area contributed by atoms with Gasteiger partial charge in [-0.3, -0.25) is 38.5 Å². The topological polar surface area (TPSA) is 292 Å². The van der Waals surface area contributed by atoms with E-state index in [2.05, 4.69) is 93.9 Å². The summed E-state index contributed by atoms with van der Waals surface area (Å²) in [6, 6.07) is 22.4. The number of carbonyl (C=O) groups excluding carboxylic acids is 4. The molecule has 8 aromatic carbocycles. The number of nitrogens with one attached hydrogen (secondary N) is 8. The van der Waals surface area contributed by atoms with Crippen molar-refractivity contribution in [2.45, 2.75) is 91.9 Å². The Morgan fingerprint density at radius 3 is 0.885 bits per heavy atom. The van der Waals surface area contributed by atoms with Gasteiger partial charge in [0.05, 0.1) is 63.8 Å². The summed E-state index contributed by atoms with van der Waals surface area (Å²) in [6.07, 6.45) is -9.35. The molecule has 0 aliphatic rings. The van der Waals surface area contributed by atoms with Crippen molar-refractivity contribution < 1.29 is 130 Å². The van der Waals surface area contributed by atoms with Gasteiger partial charge in [-0.05, 0) is 250 Å². The number of carbonyl (C=O) groups is 4. The molecule has 0 bridgehead atoms. The Bertz CT molecular complexity index is 4540. The average molecular weight is 2060 g/mol. The maximum atomic E-state index is 14.4. The number of halogens is 19. The summed E-state index contributed by atoms with van der Waals surface area (Å²) >= 11 is 8.31. The largest absolute Gasteiger partial charge is 0.416 e. The number of hydrogen-bond acceptors (Lipinski definition) is 17. The minimum atomic E-state index is -4.99. The van der Waals surface area contributed by atoms with Gasteiger partial charge in [0.15, 0.2) is 75.9 Å². The number of hydroxylamine groups is 4. The van der Waals surface area contributed by atoms with E-state index in [1.54, 1.807) is 108 Å². The molecule has 21 nitrogen and oxygen atoms in total. The molecule has 0 radical (unpaired) electrons. The minimum Gasteiger partial charge on any atom is -0.391 e. The molecule has 8 rings (SSSR count). The van der Waals surface area contributed by atoms with Crippen molar-refractivity contribution in [1.82, 2.24) is 21.9 Å². The van der Waals surface area contributed by atoms with Gasteiger partial charge in [0.25, 0.3) is 23.6 Å². The number of methoxy groups -OCH3 is 1. The number of rotatable bonds is 29. The lowest BCUT2D eigenvalue weighted by molar-refractivity contribution is -0.221. The van der Waals surface area contributed by atoms with Gasteiger partial charge < -0.3 is 46.4 Å². The summed E-state index contributed by atoms with van der Waals surface area (Å²) in [5.74, 6) is -23.9. The van der Waals surface area contributed by atoms with E-state index < -0.39 is 176 Å². The number of amides is 4. The molecule has 0 saturated heterocycles. The molecule has 0 heterocycles. The number of aliphatic hydroxyl groups is 4. The lowest BCUT2D eigenvalue weighted by Gasteiger charge is -2.17. The SMILES string of the molecule is CCCC(O)CONC(=O)c1cc(F)c(F)c(F)c1Nc1ccc(I)cc1C.COCC(O)CONC(=O)c1cc(F)c(F)c(F)c1Nc1ccc(I)cc1C.Cc1cc(I)ccc1Nc1c(C(=O)NOCC(O)C(C)C)cc(F)c(F)c1F.Cc1cc(I)ccc1Nc1c(C(=O)NOCC(O)C(F)(F)F)cc(F)c(F)c1F. The van der Waals surface area contributed by atoms with Crippen LogP contribution in [0.3, 0.4) is 0 Å². The van der Waals surface area contributed by atoms with Crippen molar-refractivity contribution >= 4 is 159 Å². The van der Waals surface area contributed by atoms with Gasteiger partial charge in [-0.25, -0.2) is 74.6 Å². The zero-order valence-corrected chi connectivity index (χ0v) is 68.8. The van der Waals surface area contributed by atoms with Crippen LogP contribution in [-0.2, 0) is 24.1 Å². The highest BCUT2D eigenvalue weighted by molar-refractivity contribution is 14.1. The van der Waals surface area contributed by atoms with E-state index in [-0.39, 0.29) is 38.0 Å². The molecule has 4 unspecified atom stereocenters. The number of aryl methyl sites for hydroxylation is 4. The van der Waals surface area contributed by atoms with E-state index in [4.69, 9.17) is 24.4 Å². The van der Waals surface area contributed by atoms with Crippen molar-refractivity contribution in [2.24, 2.45) is 5.92 Å². The van der Waals surface area contributed by atoms with E-state index in [0.717, 1.165) is 31.8 Å². The zero-order chi connectivity index (χ0) is 84.6. The number of benzene rings is 8. The number of hydrogen-bond donors (Lipinski definition) is 12. The third-order valence-corrected chi connectivity index (χ3v) is 17.9. The standard InChI is InChI=1S/2C19H20F3IN2O3.C18H18F3IN2O4.C17H13F6IN2O3/c1-9(2)15(26)8-28-25-19(27)12-7-13(20)16(21)17(22)18(12)24-14-5-4-11(23)6-10(14)3;1-3-4-12(26)9-28-25-19(27)13-8-14(20)16(21)17(22)18(13)24-15-6-5-11(23)7-10(15)2;1-9-5-10(22)3-4-14(9)23-17-12(6-13(19)15(20)16(17)21)18(26)24-28-8-11(25)7-27-2;1-7-4-8(24)2-3-11(7)25-15-9(5-10(18)13(19)14(15)20)16(28)26-29-6-12(27)17(21,22)23/h4-7,9,15,24,26H,8H2,1-3H3,(H,25,27);5-8,12,24,26H,3-4,9H2,1-2H3,(H,25,27);3-6,11,23,25H,7-8H2,1-2H3,(H,24,26);2-5,12,25,27H,6H2,1H3,(H,26,28). The Hall–Kier alpha value is -7.65. The Kier molecular flexibility index (Phi) is 38.2. The average Bonchev–Trinajstić information content (AvgIpc) is 0.809. The highest BCUT2D eigenvalue weighted by atomic mass is 127. The Balaban J connectivity index is 0.000000269. The van der Waals surface area contributed by atoms with Crippen molar-refractivity contribution in [3.8, 4) is 0 Å².